The zero-order chi connectivity index (χ0) is 10.6. The molecule has 1 aromatic heterocycles. The van der Waals surface area contributed by atoms with E-state index in [1.165, 1.54) is 6.20 Å². The predicted octanol–water partition coefficient (Wildman–Crippen LogP) is 0.586. The molecule has 0 spiro atoms. The number of rotatable bonds is 4. The molecule has 0 bridgehead atoms. The molecule has 78 valence electrons. The van der Waals surface area contributed by atoms with Crippen molar-refractivity contribution >= 4 is 0 Å². The highest BCUT2D eigenvalue weighted by Crippen LogP contribution is 2.00. The molecular formula is C10H17N3O. The molecule has 0 saturated carbocycles. The number of hydrogen-bond acceptors (Lipinski definition) is 3. The Bertz CT molecular complexity index is 343. The Hall–Kier alpha value is -1.16. The lowest BCUT2D eigenvalue weighted by Crippen LogP contribution is -2.23. The van der Waals surface area contributed by atoms with Crippen LogP contribution in [0.25, 0.3) is 0 Å². The molecular weight excluding hydrogens is 178 g/mol. The largest absolute Gasteiger partial charge is 0.319 e. The lowest BCUT2D eigenvalue weighted by Gasteiger charge is -2.10. The van der Waals surface area contributed by atoms with Crippen LogP contribution in [0.2, 0.25) is 0 Å². The lowest BCUT2D eigenvalue weighted by molar-refractivity contribution is 0.566. The summed E-state index contributed by atoms with van der Waals surface area (Å²) in [6, 6.07) is 0.193. The minimum absolute atomic E-state index is 0.0341. The quantitative estimate of drug-likeness (QED) is 0.764. The molecule has 0 atom stereocenters. The molecule has 0 aliphatic rings. The van der Waals surface area contributed by atoms with Gasteiger partial charge in [-0.3, -0.25) is 9.78 Å². The van der Waals surface area contributed by atoms with Crippen LogP contribution < -0.4 is 10.9 Å². The molecule has 0 aliphatic carbocycles. The van der Waals surface area contributed by atoms with E-state index in [4.69, 9.17) is 0 Å². The van der Waals surface area contributed by atoms with Gasteiger partial charge in [0.15, 0.2) is 0 Å². The highest BCUT2D eigenvalue weighted by atomic mass is 16.1. The van der Waals surface area contributed by atoms with Crippen LogP contribution in [-0.2, 0) is 6.42 Å². The molecule has 0 unspecified atom stereocenters. The van der Waals surface area contributed by atoms with Crippen LogP contribution in [0.5, 0.6) is 0 Å². The topological polar surface area (TPSA) is 46.9 Å². The van der Waals surface area contributed by atoms with Gasteiger partial charge in [-0.2, -0.15) is 0 Å². The van der Waals surface area contributed by atoms with Gasteiger partial charge in [0.05, 0.1) is 11.9 Å². The monoisotopic (exact) mass is 195 g/mol. The first-order valence-corrected chi connectivity index (χ1v) is 4.87. The van der Waals surface area contributed by atoms with Gasteiger partial charge >= 0.3 is 0 Å². The van der Waals surface area contributed by atoms with Gasteiger partial charge in [-0.1, -0.05) is 0 Å². The first-order chi connectivity index (χ1) is 6.65. The molecule has 0 saturated heterocycles. The standard InChI is InChI=1S/C10H17N3O/c1-8(2)13-7-9(4-5-11-3)12-6-10(13)14/h6-8,11H,4-5H2,1-3H3. The van der Waals surface area contributed by atoms with Gasteiger partial charge in [0.25, 0.3) is 5.56 Å². The molecule has 1 heterocycles. The van der Waals surface area contributed by atoms with Crippen molar-refractivity contribution in [3.05, 3.63) is 28.4 Å². The SMILES string of the molecule is CNCCc1cn(C(C)C)c(=O)cn1. The van der Waals surface area contributed by atoms with Crippen molar-refractivity contribution in [2.75, 3.05) is 13.6 Å². The molecule has 1 rings (SSSR count). The smallest absolute Gasteiger partial charge is 0.269 e. The van der Waals surface area contributed by atoms with E-state index in [2.05, 4.69) is 10.3 Å². The molecule has 0 amide bonds. The average Bonchev–Trinajstić information content (AvgIpc) is 2.16. The van der Waals surface area contributed by atoms with Crippen molar-refractivity contribution in [1.29, 1.82) is 0 Å². The summed E-state index contributed by atoms with van der Waals surface area (Å²) in [6.45, 7) is 4.86. The van der Waals surface area contributed by atoms with E-state index >= 15 is 0 Å². The Labute approximate surface area is 84.0 Å². The fraction of sp³-hybridized carbons (Fsp3) is 0.600. The normalized spacial score (nSPS) is 10.9. The first-order valence-electron chi connectivity index (χ1n) is 4.87. The van der Waals surface area contributed by atoms with Gasteiger partial charge < -0.3 is 9.88 Å². The average molecular weight is 195 g/mol. The molecule has 0 fully saturated rings. The second-order valence-electron chi connectivity index (χ2n) is 3.57. The van der Waals surface area contributed by atoms with Crippen LogP contribution in [0.1, 0.15) is 25.6 Å². The van der Waals surface area contributed by atoms with Gasteiger partial charge in [-0.15, -0.1) is 0 Å². The maximum Gasteiger partial charge on any atom is 0.269 e. The number of likely N-dealkylation sites (N-methyl/N-ethyl adjacent to an activating group) is 1. The zero-order valence-electron chi connectivity index (χ0n) is 8.95. The molecule has 0 radical (unpaired) electrons. The third-order valence-corrected chi connectivity index (χ3v) is 2.07. The van der Waals surface area contributed by atoms with E-state index in [-0.39, 0.29) is 11.6 Å². The summed E-state index contributed by atoms with van der Waals surface area (Å²) in [4.78, 5) is 15.5. The van der Waals surface area contributed by atoms with Gasteiger partial charge in [-0.25, -0.2) is 0 Å². The van der Waals surface area contributed by atoms with E-state index in [1.807, 2.05) is 27.1 Å². The van der Waals surface area contributed by atoms with Gasteiger partial charge in [0.1, 0.15) is 0 Å². The van der Waals surface area contributed by atoms with Gasteiger partial charge in [0, 0.05) is 25.2 Å². The zero-order valence-corrected chi connectivity index (χ0v) is 8.95. The van der Waals surface area contributed by atoms with Crippen molar-refractivity contribution in [2.24, 2.45) is 0 Å². The second-order valence-corrected chi connectivity index (χ2v) is 3.57. The Morgan fingerprint density at radius 3 is 2.86 bits per heavy atom. The number of aromatic nitrogens is 2. The summed E-state index contributed by atoms with van der Waals surface area (Å²) < 4.78 is 1.71. The van der Waals surface area contributed by atoms with Crippen molar-refractivity contribution in [1.82, 2.24) is 14.9 Å². The minimum atomic E-state index is -0.0341. The van der Waals surface area contributed by atoms with Crippen molar-refractivity contribution in [3.63, 3.8) is 0 Å². The number of nitrogens with one attached hydrogen (secondary N) is 1. The summed E-state index contributed by atoms with van der Waals surface area (Å²) in [5, 5.41) is 3.05. The van der Waals surface area contributed by atoms with Crippen molar-refractivity contribution in [3.8, 4) is 0 Å². The van der Waals surface area contributed by atoms with E-state index < -0.39 is 0 Å². The summed E-state index contributed by atoms with van der Waals surface area (Å²) >= 11 is 0. The van der Waals surface area contributed by atoms with E-state index in [0.29, 0.717) is 0 Å². The lowest BCUT2D eigenvalue weighted by atomic mass is 10.3. The first kappa shape index (κ1) is 10.9. The van der Waals surface area contributed by atoms with Crippen LogP contribution in [0.15, 0.2) is 17.2 Å². The third kappa shape index (κ3) is 2.67. The van der Waals surface area contributed by atoms with Crippen LogP contribution in [0, 0.1) is 0 Å². The van der Waals surface area contributed by atoms with E-state index in [1.54, 1.807) is 4.57 Å². The summed E-state index contributed by atoms with van der Waals surface area (Å²) in [6.07, 6.45) is 4.08. The van der Waals surface area contributed by atoms with Crippen LogP contribution in [0.4, 0.5) is 0 Å². The highest BCUT2D eigenvalue weighted by Gasteiger charge is 2.02. The molecule has 0 aromatic carbocycles. The van der Waals surface area contributed by atoms with Gasteiger partial charge in [-0.05, 0) is 20.9 Å². The third-order valence-electron chi connectivity index (χ3n) is 2.07. The summed E-state index contributed by atoms with van der Waals surface area (Å²) in [5.74, 6) is 0. The molecule has 1 aromatic rings. The Balaban J connectivity index is 2.89. The molecule has 4 nitrogen and oxygen atoms in total. The van der Waals surface area contributed by atoms with Crippen LogP contribution >= 0.6 is 0 Å². The van der Waals surface area contributed by atoms with Crippen molar-refractivity contribution in [2.45, 2.75) is 26.3 Å². The van der Waals surface area contributed by atoms with Gasteiger partial charge in [0.2, 0.25) is 0 Å². The second kappa shape index (κ2) is 4.91. The van der Waals surface area contributed by atoms with Crippen molar-refractivity contribution < 1.29 is 0 Å². The van der Waals surface area contributed by atoms with E-state index in [9.17, 15) is 4.79 Å². The number of hydrogen-bond donors (Lipinski definition) is 1. The molecule has 1 N–H and O–H groups in total. The fourth-order valence-electron chi connectivity index (χ4n) is 1.25. The van der Waals surface area contributed by atoms with Crippen LogP contribution in [-0.4, -0.2) is 23.1 Å². The predicted molar refractivity (Wildman–Crippen MR) is 56.5 cm³/mol. The highest BCUT2D eigenvalue weighted by molar-refractivity contribution is 4.98. The van der Waals surface area contributed by atoms with Crippen LogP contribution in [0.3, 0.4) is 0 Å². The number of nitrogens with zero attached hydrogens (tertiary/aromatic N) is 2. The molecule has 4 heteroatoms. The Morgan fingerprint density at radius 2 is 2.29 bits per heavy atom. The summed E-state index contributed by atoms with van der Waals surface area (Å²) in [5.41, 5.74) is 0.917. The Kier molecular flexibility index (Phi) is 3.83. The Morgan fingerprint density at radius 1 is 1.57 bits per heavy atom. The molecule has 0 aliphatic heterocycles. The maximum absolute atomic E-state index is 11.4. The minimum Gasteiger partial charge on any atom is -0.319 e. The molecule has 14 heavy (non-hydrogen) atoms. The fourth-order valence-corrected chi connectivity index (χ4v) is 1.25. The van der Waals surface area contributed by atoms with E-state index in [0.717, 1.165) is 18.7 Å². The maximum atomic E-state index is 11.4. The summed E-state index contributed by atoms with van der Waals surface area (Å²) in [7, 11) is 1.90.